The summed E-state index contributed by atoms with van der Waals surface area (Å²) in [5.41, 5.74) is -0.805. The molecule has 4 heteroatoms. The van der Waals surface area contributed by atoms with Gasteiger partial charge in [-0.15, -0.1) is 0 Å². The molecule has 2 nitrogen and oxygen atoms in total. The Kier molecular flexibility index (Phi) is 3.25. The predicted molar refractivity (Wildman–Crippen MR) is 103 cm³/mol. The molecule has 4 aliphatic carbocycles. The number of hydrogen-bond acceptors (Lipinski definition) is 2. The minimum absolute atomic E-state index is 0.0678. The van der Waals surface area contributed by atoms with E-state index in [1.807, 2.05) is 0 Å². The Hall–Kier alpha value is 0.0400. The van der Waals surface area contributed by atoms with Gasteiger partial charge in [0.05, 0.1) is 8.65 Å². The highest BCUT2D eigenvalue weighted by atomic mass is 79.9. The van der Waals surface area contributed by atoms with Crippen LogP contribution in [0.4, 0.5) is 0 Å². The predicted octanol–water partition coefficient (Wildman–Crippen LogP) is 5.37. The number of carbonyl (C=O) groups is 2. The van der Waals surface area contributed by atoms with Crippen molar-refractivity contribution in [1.82, 2.24) is 0 Å². The lowest BCUT2D eigenvalue weighted by Gasteiger charge is -2.42. The molecule has 24 heavy (non-hydrogen) atoms. The van der Waals surface area contributed by atoms with E-state index in [9.17, 15) is 9.59 Å². The molecule has 4 atom stereocenters. The molecule has 4 aliphatic rings. The van der Waals surface area contributed by atoms with E-state index in [0.717, 1.165) is 38.5 Å². The number of halogens is 2. The molecule has 0 aliphatic heterocycles. The summed E-state index contributed by atoms with van der Waals surface area (Å²) in [6.07, 6.45) is 10.4. The van der Waals surface area contributed by atoms with Gasteiger partial charge in [0, 0.05) is 21.7 Å². The monoisotopic (exact) mass is 456 g/mol. The highest BCUT2D eigenvalue weighted by Crippen LogP contribution is 2.70. The van der Waals surface area contributed by atoms with Crippen molar-refractivity contribution in [2.75, 3.05) is 0 Å². The normalized spacial score (nSPS) is 51.2. The Labute approximate surface area is 161 Å². The van der Waals surface area contributed by atoms with Gasteiger partial charge < -0.3 is 0 Å². The Morgan fingerprint density at radius 2 is 1.04 bits per heavy atom. The summed E-state index contributed by atoms with van der Waals surface area (Å²) < 4.78 is -0.650. The number of fused-ring (bicyclic) bond motifs is 4. The molecule has 0 aromatic heterocycles. The van der Waals surface area contributed by atoms with E-state index in [-0.39, 0.29) is 30.3 Å². The molecule has 0 amide bonds. The van der Waals surface area contributed by atoms with Crippen LogP contribution < -0.4 is 0 Å². The van der Waals surface area contributed by atoms with Crippen LogP contribution in [0.3, 0.4) is 0 Å². The van der Waals surface area contributed by atoms with Crippen molar-refractivity contribution < 1.29 is 9.59 Å². The van der Waals surface area contributed by atoms with E-state index in [0.29, 0.717) is 11.6 Å². The maximum atomic E-state index is 12.9. The molecule has 0 saturated heterocycles. The molecule has 4 bridgehead atoms. The van der Waals surface area contributed by atoms with Gasteiger partial charge >= 0.3 is 0 Å². The van der Waals surface area contributed by atoms with Crippen molar-refractivity contribution in [2.45, 2.75) is 74.9 Å². The fraction of sp³-hybridized carbons (Fsp3) is 0.800. The minimum Gasteiger partial charge on any atom is -0.297 e. The second-order valence-corrected chi connectivity index (χ2v) is 12.9. The minimum atomic E-state index is -0.335. The Morgan fingerprint density at radius 1 is 0.708 bits per heavy atom. The molecule has 132 valence electrons. The summed E-state index contributed by atoms with van der Waals surface area (Å²) >= 11 is 7.50. The third kappa shape index (κ3) is 1.73. The van der Waals surface area contributed by atoms with Gasteiger partial charge in [-0.1, -0.05) is 71.7 Å². The van der Waals surface area contributed by atoms with Crippen LogP contribution in [-0.2, 0) is 9.59 Å². The van der Waals surface area contributed by atoms with E-state index in [2.05, 4.69) is 71.7 Å². The van der Waals surface area contributed by atoms with Crippen LogP contribution >= 0.6 is 31.9 Å². The zero-order valence-electron chi connectivity index (χ0n) is 15.0. The van der Waals surface area contributed by atoms with Crippen molar-refractivity contribution in [2.24, 2.45) is 21.7 Å². The number of rotatable bonds is 2. The molecule has 0 aromatic carbocycles. The van der Waals surface area contributed by atoms with E-state index < -0.39 is 0 Å². The molecular weight excluding hydrogens is 432 g/mol. The molecule has 4 fully saturated rings. The van der Waals surface area contributed by atoms with Crippen LogP contribution in [-0.4, -0.2) is 20.2 Å². The molecule has 0 heterocycles. The summed E-state index contributed by atoms with van der Waals surface area (Å²) in [5.74, 6) is 0.706. The number of allylic oxidation sites excluding steroid dienone is 2. The largest absolute Gasteiger partial charge is 0.297 e. The van der Waals surface area contributed by atoms with Crippen molar-refractivity contribution in [1.29, 1.82) is 0 Å². The fourth-order valence-electron chi connectivity index (χ4n) is 6.24. The molecule has 4 saturated carbocycles. The first-order valence-corrected chi connectivity index (χ1v) is 10.6. The topological polar surface area (TPSA) is 34.1 Å². The number of Topliss-reactive ketones (excluding diaryl/α,β-unsaturated/α-hetero) is 2. The number of carbonyl (C=O) groups excluding carboxylic acids is 2. The van der Waals surface area contributed by atoms with Crippen LogP contribution in [0.2, 0.25) is 0 Å². The SMILES string of the molecule is CC1(C)C(=O)C2(Br)CCC1(/C=C/C13CCC(Br)(C1)C(=O)C3(C)C)C2. The highest BCUT2D eigenvalue weighted by Gasteiger charge is 2.70. The van der Waals surface area contributed by atoms with Gasteiger partial charge in [0.1, 0.15) is 0 Å². The molecule has 0 spiro atoms. The van der Waals surface area contributed by atoms with Gasteiger partial charge in [-0.05, 0) is 38.5 Å². The lowest BCUT2D eigenvalue weighted by molar-refractivity contribution is -0.131. The third-order valence-corrected chi connectivity index (χ3v) is 10.4. The van der Waals surface area contributed by atoms with Crippen LogP contribution in [0.25, 0.3) is 0 Å². The number of hydrogen-bond donors (Lipinski definition) is 0. The summed E-state index contributed by atoms with van der Waals surface area (Å²) in [6, 6.07) is 0. The lowest BCUT2D eigenvalue weighted by atomic mass is 9.60. The summed E-state index contributed by atoms with van der Waals surface area (Å²) in [6.45, 7) is 8.42. The zero-order chi connectivity index (χ0) is 17.8. The first-order chi connectivity index (χ1) is 10.8. The Bertz CT molecular complexity index is 636. The average Bonchev–Trinajstić information content (AvgIpc) is 3.11. The second kappa shape index (κ2) is 4.47. The maximum Gasteiger partial charge on any atom is 0.156 e. The van der Waals surface area contributed by atoms with Crippen molar-refractivity contribution in [3.05, 3.63) is 12.2 Å². The molecule has 4 unspecified atom stereocenters. The zero-order valence-corrected chi connectivity index (χ0v) is 18.1. The quantitative estimate of drug-likeness (QED) is 0.412. The average molecular weight is 458 g/mol. The highest BCUT2D eigenvalue weighted by molar-refractivity contribution is 9.10. The first kappa shape index (κ1) is 17.5. The Morgan fingerprint density at radius 3 is 1.29 bits per heavy atom. The molecule has 0 aromatic rings. The van der Waals surface area contributed by atoms with Crippen molar-refractivity contribution in [3.63, 3.8) is 0 Å². The summed E-state index contributed by atoms with van der Waals surface area (Å²) in [7, 11) is 0. The molecule has 0 N–H and O–H groups in total. The van der Waals surface area contributed by atoms with Crippen LogP contribution in [0.1, 0.15) is 66.2 Å². The summed E-state index contributed by atoms with van der Waals surface area (Å²) in [4.78, 5) is 25.7. The van der Waals surface area contributed by atoms with E-state index in [1.54, 1.807) is 0 Å². The van der Waals surface area contributed by atoms with E-state index in [4.69, 9.17) is 0 Å². The third-order valence-electron chi connectivity index (χ3n) is 8.29. The van der Waals surface area contributed by atoms with Crippen LogP contribution in [0.5, 0.6) is 0 Å². The van der Waals surface area contributed by atoms with Gasteiger partial charge in [-0.2, -0.15) is 0 Å². The first-order valence-electron chi connectivity index (χ1n) is 9.03. The van der Waals surface area contributed by atoms with E-state index in [1.165, 1.54) is 0 Å². The second-order valence-electron chi connectivity index (χ2n) is 9.84. The molecule has 0 radical (unpaired) electrons. The van der Waals surface area contributed by atoms with Crippen molar-refractivity contribution >= 4 is 43.4 Å². The lowest BCUT2D eigenvalue weighted by Crippen LogP contribution is -2.43. The standard InChI is InChI=1S/C20H26Br2O2/c1-15(2)13(23)19(21)9-7-17(15,11-19)5-6-18-8-10-20(22,12-18)14(24)16(18,3)4/h5-6H,7-12H2,1-4H3/b6-5+. The van der Waals surface area contributed by atoms with Crippen LogP contribution in [0, 0.1) is 21.7 Å². The maximum absolute atomic E-state index is 12.9. The van der Waals surface area contributed by atoms with Gasteiger partial charge in [0.15, 0.2) is 11.6 Å². The van der Waals surface area contributed by atoms with Gasteiger partial charge in [-0.3, -0.25) is 9.59 Å². The molecular formula is C20H26Br2O2. The smallest absolute Gasteiger partial charge is 0.156 e. The number of alkyl halides is 2. The van der Waals surface area contributed by atoms with Gasteiger partial charge in [-0.25, -0.2) is 0 Å². The Balaban J connectivity index is 1.74. The van der Waals surface area contributed by atoms with E-state index >= 15 is 0 Å². The molecule has 4 rings (SSSR count). The fourth-order valence-corrected chi connectivity index (χ4v) is 8.63. The van der Waals surface area contributed by atoms with Crippen LogP contribution in [0.15, 0.2) is 12.2 Å². The van der Waals surface area contributed by atoms with Crippen molar-refractivity contribution in [3.8, 4) is 0 Å². The summed E-state index contributed by atoms with van der Waals surface area (Å²) in [5, 5.41) is 0. The van der Waals surface area contributed by atoms with Gasteiger partial charge in [0.25, 0.3) is 0 Å². The number of ketones is 2. The van der Waals surface area contributed by atoms with Gasteiger partial charge in [0.2, 0.25) is 0 Å².